The fourth-order valence-corrected chi connectivity index (χ4v) is 3.86. The predicted octanol–water partition coefficient (Wildman–Crippen LogP) is 3.24. The number of unbranched alkanes of at least 4 members (excludes halogenated alkanes) is 1. The number of pyridine rings is 1. The van der Waals surface area contributed by atoms with Crippen LogP contribution in [-0.4, -0.2) is 49.4 Å². The number of carbonyl (C=O) groups excluding carboxylic acids is 1. The van der Waals surface area contributed by atoms with Crippen LogP contribution in [0.2, 0.25) is 0 Å². The number of nitrogens with zero attached hydrogens (tertiary/aromatic N) is 5. The molecule has 6 nitrogen and oxygen atoms in total. The molecule has 3 rings (SSSR count). The van der Waals surface area contributed by atoms with Gasteiger partial charge in [-0.3, -0.25) is 9.78 Å². The van der Waals surface area contributed by atoms with Crippen molar-refractivity contribution in [3.05, 3.63) is 24.5 Å². The summed E-state index contributed by atoms with van der Waals surface area (Å²) in [5.41, 5.74) is 1.01. The summed E-state index contributed by atoms with van der Waals surface area (Å²) in [7, 11) is 0. The lowest BCUT2D eigenvalue weighted by Crippen LogP contribution is -2.36. The zero-order valence-electron chi connectivity index (χ0n) is 14.7. The summed E-state index contributed by atoms with van der Waals surface area (Å²) in [6.07, 6.45) is 9.17. The van der Waals surface area contributed by atoms with Crippen molar-refractivity contribution in [2.75, 3.05) is 18.8 Å². The summed E-state index contributed by atoms with van der Waals surface area (Å²) in [6, 6.07) is 3.89. The molecule has 0 radical (unpaired) electrons. The molecule has 25 heavy (non-hydrogen) atoms. The molecule has 0 atom stereocenters. The number of rotatable bonds is 7. The molecule has 2 aromatic rings. The van der Waals surface area contributed by atoms with Gasteiger partial charge in [0.15, 0.2) is 11.0 Å². The molecular formula is C18H25N5OS. The number of likely N-dealkylation sites (tertiary alicyclic amines) is 1. The molecule has 1 aliphatic rings. The van der Waals surface area contributed by atoms with E-state index in [2.05, 4.69) is 26.7 Å². The zero-order valence-corrected chi connectivity index (χ0v) is 15.5. The van der Waals surface area contributed by atoms with Gasteiger partial charge in [0.2, 0.25) is 5.91 Å². The van der Waals surface area contributed by atoms with Crippen LogP contribution in [0.1, 0.15) is 39.0 Å². The quantitative estimate of drug-likeness (QED) is 0.710. The minimum atomic E-state index is 0.209. The SMILES string of the molecule is CCCCn1c(SCC(=O)N2CCCCC2)nnc1-c1ccncc1. The number of aromatic nitrogens is 4. The highest BCUT2D eigenvalue weighted by Gasteiger charge is 2.19. The molecule has 0 unspecified atom stereocenters. The van der Waals surface area contributed by atoms with Gasteiger partial charge in [-0.1, -0.05) is 25.1 Å². The standard InChI is InChI=1S/C18H25N5OS/c1-2-3-13-23-17(15-7-9-19-10-8-15)20-21-18(23)25-14-16(24)22-11-5-4-6-12-22/h7-10H,2-6,11-14H2,1H3. The predicted molar refractivity (Wildman–Crippen MR) is 99.3 cm³/mol. The van der Waals surface area contributed by atoms with Gasteiger partial charge in [0.25, 0.3) is 0 Å². The Balaban J connectivity index is 1.71. The lowest BCUT2D eigenvalue weighted by atomic mass is 10.1. The molecule has 134 valence electrons. The van der Waals surface area contributed by atoms with Gasteiger partial charge in [-0.15, -0.1) is 10.2 Å². The summed E-state index contributed by atoms with van der Waals surface area (Å²) in [6.45, 7) is 4.82. The van der Waals surface area contributed by atoms with Crippen molar-refractivity contribution in [3.8, 4) is 11.4 Å². The number of hydrogen-bond acceptors (Lipinski definition) is 5. The molecular weight excluding hydrogens is 334 g/mol. The van der Waals surface area contributed by atoms with Crippen molar-refractivity contribution in [2.45, 2.75) is 50.7 Å². The highest BCUT2D eigenvalue weighted by molar-refractivity contribution is 7.99. The first kappa shape index (κ1) is 17.9. The minimum Gasteiger partial charge on any atom is -0.342 e. The van der Waals surface area contributed by atoms with E-state index < -0.39 is 0 Å². The lowest BCUT2D eigenvalue weighted by molar-refractivity contribution is -0.129. The summed E-state index contributed by atoms with van der Waals surface area (Å²) in [5, 5.41) is 9.54. The summed E-state index contributed by atoms with van der Waals surface area (Å²) < 4.78 is 2.13. The minimum absolute atomic E-state index is 0.209. The van der Waals surface area contributed by atoms with Crippen LogP contribution in [0.4, 0.5) is 0 Å². The smallest absolute Gasteiger partial charge is 0.233 e. The lowest BCUT2D eigenvalue weighted by Gasteiger charge is -2.26. The molecule has 3 heterocycles. The van der Waals surface area contributed by atoms with E-state index >= 15 is 0 Å². The van der Waals surface area contributed by atoms with Gasteiger partial charge in [-0.2, -0.15) is 0 Å². The van der Waals surface area contributed by atoms with Crippen molar-refractivity contribution in [1.29, 1.82) is 0 Å². The molecule has 0 aromatic carbocycles. The zero-order chi connectivity index (χ0) is 17.5. The first-order valence-electron chi connectivity index (χ1n) is 9.03. The first-order valence-corrected chi connectivity index (χ1v) is 10.0. The Morgan fingerprint density at radius 2 is 1.92 bits per heavy atom. The van der Waals surface area contributed by atoms with Crippen molar-refractivity contribution in [2.24, 2.45) is 0 Å². The Bertz CT molecular complexity index is 682. The van der Waals surface area contributed by atoms with Crippen LogP contribution >= 0.6 is 11.8 Å². The molecule has 1 amide bonds. The second kappa shape index (κ2) is 8.99. The largest absolute Gasteiger partial charge is 0.342 e. The summed E-state index contributed by atoms with van der Waals surface area (Å²) in [5.74, 6) is 1.49. The molecule has 2 aromatic heterocycles. The van der Waals surface area contributed by atoms with Gasteiger partial charge in [0.1, 0.15) is 0 Å². The third-order valence-electron chi connectivity index (χ3n) is 4.42. The highest BCUT2D eigenvalue weighted by atomic mass is 32.2. The van der Waals surface area contributed by atoms with E-state index in [-0.39, 0.29) is 5.91 Å². The fourth-order valence-electron chi connectivity index (χ4n) is 2.99. The third kappa shape index (κ3) is 4.60. The van der Waals surface area contributed by atoms with Gasteiger partial charge < -0.3 is 9.47 Å². The Morgan fingerprint density at radius 3 is 2.64 bits per heavy atom. The molecule has 0 aliphatic carbocycles. The van der Waals surface area contributed by atoms with E-state index in [4.69, 9.17) is 0 Å². The van der Waals surface area contributed by atoms with Crippen molar-refractivity contribution in [3.63, 3.8) is 0 Å². The van der Waals surface area contributed by atoms with Crippen LogP contribution in [0.25, 0.3) is 11.4 Å². The Hall–Kier alpha value is -1.89. The number of thioether (sulfide) groups is 1. The normalized spacial score (nSPS) is 14.7. The summed E-state index contributed by atoms with van der Waals surface area (Å²) >= 11 is 1.50. The van der Waals surface area contributed by atoms with E-state index in [1.54, 1.807) is 12.4 Å². The van der Waals surface area contributed by atoms with Gasteiger partial charge in [0.05, 0.1) is 5.75 Å². The highest BCUT2D eigenvalue weighted by Crippen LogP contribution is 2.25. The maximum atomic E-state index is 12.4. The van der Waals surface area contributed by atoms with E-state index in [0.717, 1.165) is 61.9 Å². The third-order valence-corrected chi connectivity index (χ3v) is 5.38. The van der Waals surface area contributed by atoms with Crippen molar-refractivity contribution in [1.82, 2.24) is 24.6 Å². The molecule has 1 fully saturated rings. The Kier molecular flexibility index (Phi) is 6.44. The van der Waals surface area contributed by atoms with Crippen LogP contribution in [-0.2, 0) is 11.3 Å². The second-order valence-electron chi connectivity index (χ2n) is 6.28. The van der Waals surface area contributed by atoms with Crippen LogP contribution in [0.3, 0.4) is 0 Å². The number of piperidine rings is 1. The van der Waals surface area contributed by atoms with E-state index in [9.17, 15) is 4.79 Å². The van der Waals surface area contributed by atoms with Crippen LogP contribution in [0, 0.1) is 0 Å². The number of carbonyl (C=O) groups is 1. The summed E-state index contributed by atoms with van der Waals surface area (Å²) in [4.78, 5) is 18.5. The van der Waals surface area contributed by atoms with Crippen LogP contribution in [0.5, 0.6) is 0 Å². The molecule has 1 aliphatic heterocycles. The van der Waals surface area contributed by atoms with Gasteiger partial charge in [-0.05, 0) is 37.8 Å². The van der Waals surface area contributed by atoms with E-state index in [1.807, 2.05) is 17.0 Å². The molecule has 0 N–H and O–H groups in total. The Morgan fingerprint density at radius 1 is 1.16 bits per heavy atom. The molecule has 7 heteroatoms. The maximum Gasteiger partial charge on any atom is 0.233 e. The molecule has 0 spiro atoms. The van der Waals surface area contributed by atoms with E-state index in [0.29, 0.717) is 5.75 Å². The average Bonchev–Trinajstić information content (AvgIpc) is 3.08. The monoisotopic (exact) mass is 359 g/mol. The second-order valence-corrected chi connectivity index (χ2v) is 7.22. The molecule has 1 saturated heterocycles. The molecule has 0 saturated carbocycles. The van der Waals surface area contributed by atoms with Gasteiger partial charge in [0, 0.05) is 37.6 Å². The van der Waals surface area contributed by atoms with Crippen LogP contribution < -0.4 is 0 Å². The number of amides is 1. The average molecular weight is 359 g/mol. The van der Waals surface area contributed by atoms with Gasteiger partial charge >= 0.3 is 0 Å². The van der Waals surface area contributed by atoms with Crippen molar-refractivity contribution >= 4 is 17.7 Å². The topological polar surface area (TPSA) is 63.9 Å². The first-order chi connectivity index (χ1) is 12.3. The maximum absolute atomic E-state index is 12.4. The van der Waals surface area contributed by atoms with Gasteiger partial charge in [-0.25, -0.2) is 0 Å². The van der Waals surface area contributed by atoms with Crippen LogP contribution in [0.15, 0.2) is 29.7 Å². The fraction of sp³-hybridized carbons (Fsp3) is 0.556. The Labute approximate surface area is 153 Å². The van der Waals surface area contributed by atoms with E-state index in [1.165, 1.54) is 18.2 Å². The number of hydrogen-bond donors (Lipinski definition) is 0. The van der Waals surface area contributed by atoms with Crippen molar-refractivity contribution < 1.29 is 4.79 Å². The molecule has 0 bridgehead atoms.